The zero-order valence-corrected chi connectivity index (χ0v) is 25.6. The van der Waals surface area contributed by atoms with Crippen LogP contribution in [0.25, 0.3) is 12.3 Å². The normalized spacial score (nSPS) is 10.5. The Hall–Kier alpha value is -3.25. The minimum atomic E-state index is -1.14. The number of amides is 4. The first-order chi connectivity index (χ1) is 18.1. The molecule has 2 atom stereocenters. The number of hydrogen-bond acceptors (Lipinski definition) is 8. The number of carbonyl (C=O) groups is 7. The summed E-state index contributed by atoms with van der Waals surface area (Å²) >= 11 is -0.472. The van der Waals surface area contributed by atoms with Gasteiger partial charge in [-0.15, -0.1) is 0 Å². The Kier molecular flexibility index (Phi) is 34.5. The third-order valence-electron chi connectivity index (χ3n) is 3.84. The average molecular weight is 817 g/mol. The number of carboxylic acid groups (broad SMARTS) is 3. The van der Waals surface area contributed by atoms with Gasteiger partial charge in [0.1, 0.15) is 18.6 Å². The van der Waals surface area contributed by atoms with E-state index in [1.807, 2.05) is 0 Å². The van der Waals surface area contributed by atoms with E-state index in [2.05, 4.69) is 20.9 Å². The second-order valence-electron chi connectivity index (χ2n) is 7.08. The van der Waals surface area contributed by atoms with E-state index in [-0.39, 0.29) is 56.9 Å². The monoisotopic (exact) mass is 815 g/mol. The van der Waals surface area contributed by atoms with Crippen molar-refractivity contribution in [1.29, 1.82) is 0 Å². The summed E-state index contributed by atoms with van der Waals surface area (Å²) in [6, 6.07) is -1.99. The Morgan fingerprint density at radius 3 is 1.68 bits per heavy atom. The Bertz CT molecular complexity index is 851. The number of rotatable bonds is 16. The summed E-state index contributed by atoms with van der Waals surface area (Å²) in [7, 11) is 9.75. The van der Waals surface area contributed by atoms with Crippen molar-refractivity contribution in [3.05, 3.63) is 18.8 Å². The topological polar surface area (TPSA) is 374 Å². The molecule has 0 aromatic carbocycles. The number of guanidine groups is 1. The quantitative estimate of drug-likeness (QED) is 0.0536. The number of nitrogens with two attached hydrogens (primary N) is 5. The van der Waals surface area contributed by atoms with Crippen LogP contribution in [0, 0.1) is 6.54 Å². The molecule has 4 amide bonds. The van der Waals surface area contributed by atoms with Crippen molar-refractivity contribution in [2.24, 2.45) is 22.2 Å². The van der Waals surface area contributed by atoms with Crippen molar-refractivity contribution in [2.75, 3.05) is 6.54 Å². The molecule has 2 unspecified atom stereocenters. The van der Waals surface area contributed by atoms with Gasteiger partial charge in [-0.25, -0.2) is 0 Å². The maximum atomic E-state index is 11.8. The molecular formula is C19H36Cl2N9O10Pt. The van der Waals surface area contributed by atoms with Gasteiger partial charge < -0.3 is 60.8 Å². The van der Waals surface area contributed by atoms with E-state index >= 15 is 0 Å². The molecule has 241 valence electrons. The van der Waals surface area contributed by atoms with E-state index in [4.69, 9.17) is 51.4 Å². The van der Waals surface area contributed by atoms with Gasteiger partial charge in [-0.2, -0.15) is 0 Å². The van der Waals surface area contributed by atoms with Crippen LogP contribution < -0.4 is 33.2 Å². The Morgan fingerprint density at radius 2 is 1.29 bits per heavy atom. The van der Waals surface area contributed by atoms with Gasteiger partial charge in [0.2, 0.25) is 23.6 Å². The molecule has 0 aliphatic heterocycles. The molecule has 0 aliphatic rings. The maximum absolute atomic E-state index is 11.8. The molecule has 0 saturated carbocycles. The molecule has 0 aliphatic carbocycles. The SMILES string of the molecule is CC(NC(=O)CCC(=O)O)C(=O)N[CH]C(=O)NC(CCCN=C(N)N)C(N)=O.O=C(O)CCC(=O)O.[Cl][Pt+2][Cl].[NH2-].[NH2-]. The smallest absolute Gasteiger partial charge is 0.693 e. The first-order valence-corrected chi connectivity index (χ1v) is 16.3. The molecule has 0 spiro atoms. The molecule has 0 aromatic heterocycles. The third kappa shape index (κ3) is 36.7. The predicted octanol–water partition coefficient (Wildman–Crippen LogP) is -0.596. The Labute approximate surface area is 252 Å². The van der Waals surface area contributed by atoms with E-state index < -0.39 is 70.1 Å². The van der Waals surface area contributed by atoms with Crippen LogP contribution in [0.2, 0.25) is 0 Å². The van der Waals surface area contributed by atoms with Gasteiger partial charge in [0.15, 0.2) is 5.96 Å². The molecule has 0 rings (SSSR count). The van der Waals surface area contributed by atoms with Gasteiger partial charge in [-0.1, -0.05) is 0 Å². The van der Waals surface area contributed by atoms with Gasteiger partial charge >= 0.3 is 53.2 Å². The van der Waals surface area contributed by atoms with Crippen LogP contribution in [-0.4, -0.2) is 81.4 Å². The van der Waals surface area contributed by atoms with Gasteiger partial charge in [-0.3, -0.25) is 38.6 Å². The van der Waals surface area contributed by atoms with Crippen molar-refractivity contribution in [3.63, 3.8) is 0 Å². The largest absolute Gasteiger partial charge is 0.693 e. The Morgan fingerprint density at radius 1 is 0.854 bits per heavy atom. The summed E-state index contributed by atoms with van der Waals surface area (Å²) in [5, 5.41) is 31.1. The van der Waals surface area contributed by atoms with E-state index in [9.17, 15) is 33.6 Å². The summed E-state index contributed by atoms with van der Waals surface area (Å²) < 4.78 is 0. The summed E-state index contributed by atoms with van der Waals surface area (Å²) in [5.74, 6) is -6.26. The van der Waals surface area contributed by atoms with E-state index in [1.165, 1.54) is 6.92 Å². The molecule has 0 saturated heterocycles. The van der Waals surface area contributed by atoms with Gasteiger partial charge in [0.25, 0.3) is 0 Å². The minimum absolute atomic E-state index is 0. The van der Waals surface area contributed by atoms with Crippen LogP contribution in [0.5, 0.6) is 0 Å². The van der Waals surface area contributed by atoms with E-state index in [1.54, 1.807) is 0 Å². The van der Waals surface area contributed by atoms with Crippen LogP contribution in [0.3, 0.4) is 0 Å². The predicted molar refractivity (Wildman–Crippen MR) is 145 cm³/mol. The molecule has 0 aromatic rings. The standard InChI is InChI=1S/C15H26N7O6.C4H6O4.2ClH.2H2N.Pt/c1-8(21-10(23)4-5-12(25)26)14(28)20-7-11(24)22-9(13(16)27)3-2-6-19-15(17)18;5-3(6)1-2-4(7)8;;;;;/h7-9H,2-6H2,1H3,(H2,16,27)(H,20,28)(H,21,23)(H,22,24)(H,25,26)(H4,17,18,19);1-2H2,(H,5,6)(H,7,8);2*1H;2*1H2;/q;;;;2*-1;+4/p-2. The third-order valence-corrected chi connectivity index (χ3v) is 3.84. The zero-order valence-electron chi connectivity index (χ0n) is 21.8. The zero-order chi connectivity index (χ0) is 31.0. The fourth-order valence-corrected chi connectivity index (χ4v) is 2.08. The molecule has 19 nitrogen and oxygen atoms in total. The van der Waals surface area contributed by atoms with E-state index in [0.29, 0.717) is 6.42 Å². The first kappa shape index (κ1) is 47.5. The molecule has 22 heteroatoms. The summed E-state index contributed by atoms with van der Waals surface area (Å²) in [4.78, 5) is 79.9. The summed E-state index contributed by atoms with van der Waals surface area (Å²) in [5.41, 5.74) is 15.5. The first-order valence-electron chi connectivity index (χ1n) is 10.6. The summed E-state index contributed by atoms with van der Waals surface area (Å²) in [6.07, 6.45) is -0.665. The maximum Gasteiger partial charge on any atom is -0.693 e. The van der Waals surface area contributed by atoms with Crippen LogP contribution in [0.4, 0.5) is 0 Å². The van der Waals surface area contributed by atoms with Crippen LogP contribution >= 0.6 is 18.8 Å². The molecule has 16 N–H and O–H groups in total. The van der Waals surface area contributed by atoms with Crippen LogP contribution in [-0.2, 0) is 50.0 Å². The van der Waals surface area contributed by atoms with Gasteiger partial charge in [0.05, 0.1) is 19.3 Å². The van der Waals surface area contributed by atoms with Crippen molar-refractivity contribution in [3.8, 4) is 0 Å². The number of nitrogens with zero attached hydrogens (tertiary/aromatic N) is 1. The molecule has 0 heterocycles. The average Bonchev–Trinajstić information content (AvgIpc) is 2.82. The fraction of sp³-hybridized carbons (Fsp3) is 0.526. The van der Waals surface area contributed by atoms with E-state index in [0.717, 1.165) is 6.54 Å². The number of carboxylic acids is 3. The van der Waals surface area contributed by atoms with Crippen molar-refractivity contribution < 1.29 is 65.4 Å². The summed E-state index contributed by atoms with van der Waals surface area (Å²) in [6.45, 7) is 2.39. The second kappa shape index (κ2) is 29.7. The minimum Gasteiger partial charge on any atom is -0.693 e. The number of halogens is 2. The van der Waals surface area contributed by atoms with Crippen molar-refractivity contribution in [2.45, 2.75) is 57.5 Å². The van der Waals surface area contributed by atoms with Crippen molar-refractivity contribution >= 4 is 66.3 Å². The number of carbonyl (C=O) groups excluding carboxylic acids is 4. The molecule has 0 fully saturated rings. The van der Waals surface area contributed by atoms with Gasteiger partial charge in [0, 0.05) is 13.0 Å². The fourth-order valence-electron chi connectivity index (χ4n) is 2.08. The second-order valence-corrected chi connectivity index (χ2v) is 10.4. The number of nitrogens with one attached hydrogen (secondary N) is 3. The molecular weight excluding hydrogens is 780 g/mol. The molecule has 1 radical (unpaired) electrons. The number of aliphatic carboxylic acids is 3. The Balaban J connectivity index is -0.000000281. The number of aliphatic imine (C=N–C) groups is 1. The van der Waals surface area contributed by atoms with Crippen LogP contribution in [0.1, 0.15) is 45.4 Å². The number of hydrogen-bond donors (Lipinski definition) is 9. The molecule has 0 bridgehead atoms. The van der Waals surface area contributed by atoms with Crippen LogP contribution in [0.15, 0.2) is 4.99 Å². The number of primary amides is 1. The molecule has 41 heavy (non-hydrogen) atoms. The van der Waals surface area contributed by atoms with Crippen molar-refractivity contribution in [1.82, 2.24) is 16.0 Å². The van der Waals surface area contributed by atoms with Gasteiger partial charge in [-0.05, 0) is 19.8 Å².